The molecule has 1 atom stereocenters. The molecule has 3 heterocycles. The van der Waals surface area contributed by atoms with Gasteiger partial charge in [-0.15, -0.1) is 0 Å². The van der Waals surface area contributed by atoms with Gasteiger partial charge in [0, 0.05) is 31.7 Å². The second-order valence-corrected chi connectivity index (χ2v) is 9.02. The lowest BCUT2D eigenvalue weighted by atomic mass is 10.1. The molecule has 0 radical (unpaired) electrons. The molecule has 36 heavy (non-hydrogen) atoms. The summed E-state index contributed by atoms with van der Waals surface area (Å²) < 4.78 is 1.76. The van der Waals surface area contributed by atoms with E-state index in [9.17, 15) is 9.59 Å². The van der Waals surface area contributed by atoms with Crippen LogP contribution in [0.15, 0.2) is 67.1 Å². The van der Waals surface area contributed by atoms with Crippen molar-refractivity contribution in [3.63, 3.8) is 0 Å². The maximum absolute atomic E-state index is 12.7. The van der Waals surface area contributed by atoms with E-state index in [2.05, 4.69) is 37.8 Å². The van der Waals surface area contributed by atoms with Crippen LogP contribution in [-0.4, -0.2) is 51.2 Å². The molecule has 184 valence electrons. The van der Waals surface area contributed by atoms with Crippen molar-refractivity contribution in [2.24, 2.45) is 5.92 Å². The van der Waals surface area contributed by atoms with Gasteiger partial charge in [-0.2, -0.15) is 5.10 Å². The van der Waals surface area contributed by atoms with E-state index in [0.29, 0.717) is 25.3 Å². The number of amides is 2. The molecule has 9 nitrogen and oxygen atoms in total. The molecule has 2 aromatic heterocycles. The van der Waals surface area contributed by atoms with Gasteiger partial charge in [0.2, 0.25) is 11.8 Å². The topological polar surface area (TPSA) is 105 Å². The van der Waals surface area contributed by atoms with Crippen LogP contribution in [0.4, 0.5) is 11.5 Å². The number of aryl methyl sites for hydroxylation is 1. The van der Waals surface area contributed by atoms with Crippen LogP contribution >= 0.6 is 0 Å². The Kier molecular flexibility index (Phi) is 6.88. The van der Waals surface area contributed by atoms with E-state index in [0.717, 1.165) is 35.4 Å². The number of anilines is 2. The fourth-order valence-corrected chi connectivity index (χ4v) is 4.45. The molecule has 4 aromatic rings. The number of hydrogen-bond donors (Lipinski definition) is 2. The quantitative estimate of drug-likeness (QED) is 0.379. The van der Waals surface area contributed by atoms with E-state index >= 15 is 0 Å². The SMILES string of the molecule is Cc1ccc(N2CC(C(=O)NCCn3ncc4c(NCCc5ccccc5)ncnc43)CC2=O)cc1. The average molecular weight is 484 g/mol. The molecule has 2 aromatic carbocycles. The Morgan fingerprint density at radius 3 is 2.67 bits per heavy atom. The smallest absolute Gasteiger partial charge is 0.227 e. The molecule has 1 aliphatic rings. The van der Waals surface area contributed by atoms with Crippen molar-refractivity contribution in [3.8, 4) is 0 Å². The number of fused-ring (bicyclic) bond motifs is 1. The highest BCUT2D eigenvalue weighted by atomic mass is 16.2. The molecule has 0 aliphatic carbocycles. The summed E-state index contributed by atoms with van der Waals surface area (Å²) in [6, 6.07) is 18.1. The summed E-state index contributed by atoms with van der Waals surface area (Å²) in [7, 11) is 0. The minimum atomic E-state index is -0.365. The summed E-state index contributed by atoms with van der Waals surface area (Å²) >= 11 is 0. The molecule has 0 saturated carbocycles. The van der Waals surface area contributed by atoms with E-state index in [4.69, 9.17) is 0 Å². The Balaban J connectivity index is 1.14. The first-order chi connectivity index (χ1) is 17.6. The van der Waals surface area contributed by atoms with E-state index in [-0.39, 0.29) is 24.2 Å². The van der Waals surface area contributed by atoms with Crippen molar-refractivity contribution < 1.29 is 9.59 Å². The Hall–Kier alpha value is -4.27. The van der Waals surface area contributed by atoms with Crippen molar-refractivity contribution in [2.45, 2.75) is 26.3 Å². The van der Waals surface area contributed by atoms with Crippen LogP contribution in [-0.2, 0) is 22.6 Å². The van der Waals surface area contributed by atoms with E-state index in [1.165, 1.54) is 11.9 Å². The average Bonchev–Trinajstić information content (AvgIpc) is 3.49. The minimum Gasteiger partial charge on any atom is -0.369 e. The van der Waals surface area contributed by atoms with Gasteiger partial charge in [0.05, 0.1) is 24.0 Å². The second-order valence-electron chi connectivity index (χ2n) is 9.02. The fourth-order valence-electron chi connectivity index (χ4n) is 4.45. The van der Waals surface area contributed by atoms with E-state index in [1.54, 1.807) is 15.8 Å². The van der Waals surface area contributed by atoms with Gasteiger partial charge in [0.15, 0.2) is 5.65 Å². The number of carbonyl (C=O) groups excluding carboxylic acids is 2. The number of hydrogen-bond acceptors (Lipinski definition) is 6. The number of aromatic nitrogens is 4. The number of nitrogens with zero attached hydrogens (tertiary/aromatic N) is 5. The van der Waals surface area contributed by atoms with Crippen LogP contribution in [0.25, 0.3) is 11.0 Å². The minimum absolute atomic E-state index is 0.0268. The van der Waals surface area contributed by atoms with Crippen molar-refractivity contribution in [2.75, 3.05) is 29.9 Å². The van der Waals surface area contributed by atoms with Crippen molar-refractivity contribution >= 4 is 34.4 Å². The van der Waals surface area contributed by atoms with Gasteiger partial charge in [-0.3, -0.25) is 9.59 Å². The zero-order valence-electron chi connectivity index (χ0n) is 20.2. The highest BCUT2D eigenvalue weighted by Gasteiger charge is 2.34. The van der Waals surface area contributed by atoms with Crippen molar-refractivity contribution in [3.05, 3.63) is 78.2 Å². The van der Waals surface area contributed by atoms with Crippen LogP contribution in [0.2, 0.25) is 0 Å². The van der Waals surface area contributed by atoms with Crippen LogP contribution < -0.4 is 15.5 Å². The molecule has 1 fully saturated rings. The zero-order valence-corrected chi connectivity index (χ0v) is 20.2. The monoisotopic (exact) mass is 483 g/mol. The summed E-state index contributed by atoms with van der Waals surface area (Å²) in [6.45, 7) is 4.01. The van der Waals surface area contributed by atoms with Crippen molar-refractivity contribution in [1.82, 2.24) is 25.1 Å². The standard InChI is InChI=1S/C27H29N7O2/c1-19-7-9-22(10-8-19)33-17-21(15-24(33)35)27(36)29-13-14-34-26-23(16-32-34)25(30-18-31-26)28-12-11-20-5-3-2-4-6-20/h2-10,16,18,21H,11-15,17H2,1H3,(H,29,36)(H,28,30,31). The van der Waals surface area contributed by atoms with Gasteiger partial charge in [-0.1, -0.05) is 48.0 Å². The molecule has 2 amide bonds. The molecular formula is C27H29N7O2. The third kappa shape index (κ3) is 5.19. The fraction of sp³-hybridized carbons (Fsp3) is 0.296. The summed E-state index contributed by atoms with van der Waals surface area (Å²) in [6.07, 6.45) is 4.37. The molecule has 1 unspecified atom stereocenters. The first-order valence-corrected chi connectivity index (χ1v) is 12.2. The Morgan fingerprint density at radius 1 is 1.06 bits per heavy atom. The summed E-state index contributed by atoms with van der Waals surface area (Å²) in [5.74, 6) is 0.233. The molecule has 1 aliphatic heterocycles. The van der Waals surface area contributed by atoms with E-state index in [1.807, 2.05) is 49.4 Å². The Bertz CT molecular complexity index is 1350. The maximum atomic E-state index is 12.7. The van der Waals surface area contributed by atoms with Gasteiger partial charge in [-0.25, -0.2) is 14.6 Å². The highest BCUT2D eigenvalue weighted by Crippen LogP contribution is 2.25. The van der Waals surface area contributed by atoms with Gasteiger partial charge in [-0.05, 0) is 31.0 Å². The Labute approximate surface area is 209 Å². The lowest BCUT2D eigenvalue weighted by Gasteiger charge is -2.17. The number of rotatable bonds is 9. The van der Waals surface area contributed by atoms with Crippen LogP contribution in [0.1, 0.15) is 17.5 Å². The summed E-state index contributed by atoms with van der Waals surface area (Å²) in [5.41, 5.74) is 3.93. The van der Waals surface area contributed by atoms with Gasteiger partial charge >= 0.3 is 0 Å². The predicted octanol–water partition coefficient (Wildman–Crippen LogP) is 2.96. The van der Waals surface area contributed by atoms with Gasteiger partial charge < -0.3 is 15.5 Å². The first kappa shape index (κ1) is 23.5. The molecule has 0 bridgehead atoms. The third-order valence-corrected chi connectivity index (χ3v) is 6.45. The first-order valence-electron chi connectivity index (χ1n) is 12.2. The van der Waals surface area contributed by atoms with Gasteiger partial charge in [0.1, 0.15) is 12.1 Å². The molecule has 5 rings (SSSR count). The predicted molar refractivity (Wildman–Crippen MR) is 139 cm³/mol. The summed E-state index contributed by atoms with van der Waals surface area (Å²) in [5, 5.41) is 11.6. The normalized spacial score (nSPS) is 15.4. The summed E-state index contributed by atoms with van der Waals surface area (Å²) in [4.78, 5) is 35.7. The highest BCUT2D eigenvalue weighted by molar-refractivity contribution is 6.00. The van der Waals surface area contributed by atoms with Crippen molar-refractivity contribution in [1.29, 1.82) is 0 Å². The van der Waals surface area contributed by atoms with Gasteiger partial charge in [0.25, 0.3) is 0 Å². The molecule has 1 saturated heterocycles. The lowest BCUT2D eigenvalue weighted by Crippen LogP contribution is -2.35. The van der Waals surface area contributed by atoms with Crippen LogP contribution in [0.3, 0.4) is 0 Å². The second kappa shape index (κ2) is 10.6. The molecule has 2 N–H and O–H groups in total. The Morgan fingerprint density at radius 2 is 1.86 bits per heavy atom. The molecular weight excluding hydrogens is 454 g/mol. The molecule has 9 heteroatoms. The largest absolute Gasteiger partial charge is 0.369 e. The van der Waals surface area contributed by atoms with Crippen LogP contribution in [0.5, 0.6) is 0 Å². The zero-order chi connectivity index (χ0) is 24.9. The number of benzene rings is 2. The maximum Gasteiger partial charge on any atom is 0.227 e. The number of nitrogens with one attached hydrogen (secondary N) is 2. The third-order valence-electron chi connectivity index (χ3n) is 6.45. The lowest BCUT2D eigenvalue weighted by molar-refractivity contribution is -0.126. The van der Waals surface area contributed by atoms with E-state index < -0.39 is 0 Å². The number of carbonyl (C=O) groups is 2. The van der Waals surface area contributed by atoms with Crippen LogP contribution in [0, 0.1) is 12.8 Å². The molecule has 0 spiro atoms.